The van der Waals surface area contributed by atoms with E-state index in [0.717, 1.165) is 25.9 Å². The number of hydrogen-bond acceptors (Lipinski definition) is 5. The first-order chi connectivity index (χ1) is 9.06. The minimum Gasteiger partial charge on any atom is -0.468 e. The molecule has 0 aromatic carbocycles. The Hall–Kier alpha value is -0.650. The number of hydrogen-bond donors (Lipinski definition) is 1. The lowest BCUT2D eigenvalue weighted by Crippen LogP contribution is -2.45. The van der Waals surface area contributed by atoms with Crippen molar-refractivity contribution in [3.8, 4) is 0 Å². The number of methoxy groups -OCH3 is 1. The Morgan fingerprint density at radius 2 is 2.21 bits per heavy atom. The maximum atomic E-state index is 11.4. The van der Waals surface area contributed by atoms with Crippen LogP contribution in [0, 0.1) is 0 Å². The van der Waals surface area contributed by atoms with Gasteiger partial charge in [-0.05, 0) is 45.4 Å². The van der Waals surface area contributed by atoms with Crippen molar-refractivity contribution in [2.45, 2.75) is 57.1 Å². The van der Waals surface area contributed by atoms with Crippen LogP contribution < -0.4 is 5.73 Å². The van der Waals surface area contributed by atoms with E-state index in [1.165, 1.54) is 20.0 Å². The third kappa shape index (κ3) is 6.36. The molecule has 1 fully saturated rings. The van der Waals surface area contributed by atoms with Crippen LogP contribution in [-0.2, 0) is 19.0 Å². The van der Waals surface area contributed by atoms with Gasteiger partial charge in [0.05, 0.1) is 19.8 Å². The highest BCUT2D eigenvalue weighted by Crippen LogP contribution is 2.14. The van der Waals surface area contributed by atoms with Crippen molar-refractivity contribution < 1.29 is 19.0 Å². The fourth-order valence-electron chi connectivity index (χ4n) is 2.19. The number of carbonyl (C=O) groups is 1. The van der Waals surface area contributed by atoms with Crippen LogP contribution in [0.25, 0.3) is 0 Å². The molecule has 5 nitrogen and oxygen atoms in total. The van der Waals surface area contributed by atoms with Gasteiger partial charge < -0.3 is 19.9 Å². The van der Waals surface area contributed by atoms with Gasteiger partial charge in [0.25, 0.3) is 0 Å². The minimum absolute atomic E-state index is 0.267. The van der Waals surface area contributed by atoms with Crippen LogP contribution in [0.5, 0.6) is 0 Å². The molecule has 0 aliphatic carbocycles. The van der Waals surface area contributed by atoms with Crippen LogP contribution in [0.2, 0.25) is 0 Å². The van der Waals surface area contributed by atoms with Gasteiger partial charge in [-0.1, -0.05) is 0 Å². The summed E-state index contributed by atoms with van der Waals surface area (Å²) in [5, 5.41) is 0. The normalized spacial score (nSPS) is 22.8. The predicted molar refractivity (Wildman–Crippen MR) is 72.9 cm³/mol. The molecule has 1 rings (SSSR count). The van der Waals surface area contributed by atoms with Crippen molar-refractivity contribution in [1.82, 2.24) is 0 Å². The molecule has 2 N–H and O–H groups in total. The van der Waals surface area contributed by atoms with Gasteiger partial charge in [0.1, 0.15) is 5.54 Å². The summed E-state index contributed by atoms with van der Waals surface area (Å²) in [5.74, 6) is -0.357. The van der Waals surface area contributed by atoms with Crippen molar-refractivity contribution in [3.05, 3.63) is 0 Å². The fraction of sp³-hybridized carbons (Fsp3) is 0.929. The molecule has 1 heterocycles. The fourth-order valence-corrected chi connectivity index (χ4v) is 2.19. The molecule has 0 amide bonds. The first-order valence-electron chi connectivity index (χ1n) is 7.13. The van der Waals surface area contributed by atoms with Gasteiger partial charge in [0, 0.05) is 13.2 Å². The average molecular weight is 273 g/mol. The van der Waals surface area contributed by atoms with Crippen LogP contribution in [0.4, 0.5) is 0 Å². The van der Waals surface area contributed by atoms with Crippen molar-refractivity contribution in [2.24, 2.45) is 5.73 Å². The molecular weight excluding hydrogens is 246 g/mol. The summed E-state index contributed by atoms with van der Waals surface area (Å²) in [4.78, 5) is 11.4. The predicted octanol–water partition coefficient (Wildman–Crippen LogP) is 1.63. The molecule has 2 unspecified atom stereocenters. The molecule has 5 heteroatoms. The second kappa shape index (κ2) is 8.51. The summed E-state index contributed by atoms with van der Waals surface area (Å²) in [5.41, 5.74) is 4.98. The number of rotatable bonds is 8. The Kier molecular flexibility index (Phi) is 7.34. The zero-order valence-corrected chi connectivity index (χ0v) is 12.2. The number of esters is 1. The molecule has 19 heavy (non-hydrogen) atoms. The van der Waals surface area contributed by atoms with Crippen LogP contribution in [0.15, 0.2) is 0 Å². The Morgan fingerprint density at radius 1 is 1.42 bits per heavy atom. The number of carbonyl (C=O) groups excluding carboxylic acids is 1. The number of ether oxygens (including phenoxy) is 3. The van der Waals surface area contributed by atoms with E-state index in [1.807, 2.05) is 0 Å². The zero-order valence-electron chi connectivity index (χ0n) is 12.2. The monoisotopic (exact) mass is 273 g/mol. The van der Waals surface area contributed by atoms with Crippen molar-refractivity contribution in [2.75, 3.05) is 26.9 Å². The minimum atomic E-state index is -0.888. The molecule has 0 saturated carbocycles. The largest absolute Gasteiger partial charge is 0.468 e. The molecule has 1 aliphatic rings. The van der Waals surface area contributed by atoms with Crippen molar-refractivity contribution >= 4 is 5.97 Å². The van der Waals surface area contributed by atoms with E-state index in [9.17, 15) is 4.79 Å². The summed E-state index contributed by atoms with van der Waals surface area (Å²) in [6.07, 6.45) is 6.14. The van der Waals surface area contributed by atoms with E-state index in [2.05, 4.69) is 4.74 Å². The summed E-state index contributed by atoms with van der Waals surface area (Å²) in [7, 11) is 1.36. The Bertz CT molecular complexity index is 262. The smallest absolute Gasteiger partial charge is 0.325 e. The van der Waals surface area contributed by atoms with Gasteiger partial charge in [-0.15, -0.1) is 0 Å². The third-order valence-electron chi connectivity index (χ3n) is 3.46. The van der Waals surface area contributed by atoms with Crippen LogP contribution >= 0.6 is 0 Å². The second-order valence-corrected chi connectivity index (χ2v) is 5.43. The zero-order chi connectivity index (χ0) is 14.1. The summed E-state index contributed by atoms with van der Waals surface area (Å²) < 4.78 is 15.8. The summed E-state index contributed by atoms with van der Waals surface area (Å²) in [6, 6.07) is 0. The highest BCUT2D eigenvalue weighted by atomic mass is 16.5. The quantitative estimate of drug-likeness (QED) is 0.537. The summed E-state index contributed by atoms with van der Waals surface area (Å²) in [6.45, 7) is 3.93. The standard InChI is InChI=1S/C14H27NO4/c1-14(15,13(16)17-2)8-4-6-9-18-11-12-7-3-5-10-19-12/h12H,3-11,15H2,1-2H3. The highest BCUT2D eigenvalue weighted by Gasteiger charge is 2.28. The Morgan fingerprint density at radius 3 is 2.84 bits per heavy atom. The molecule has 2 atom stereocenters. The third-order valence-corrected chi connectivity index (χ3v) is 3.46. The van der Waals surface area contributed by atoms with Gasteiger partial charge in [-0.3, -0.25) is 4.79 Å². The van der Waals surface area contributed by atoms with E-state index in [0.29, 0.717) is 19.6 Å². The molecule has 0 spiro atoms. The SMILES string of the molecule is COC(=O)C(C)(N)CCCCOCC1CCCCO1. The molecule has 112 valence electrons. The van der Waals surface area contributed by atoms with Gasteiger partial charge >= 0.3 is 5.97 Å². The highest BCUT2D eigenvalue weighted by molar-refractivity contribution is 5.79. The summed E-state index contributed by atoms with van der Waals surface area (Å²) >= 11 is 0. The Labute approximate surface area is 115 Å². The van der Waals surface area contributed by atoms with E-state index in [-0.39, 0.29) is 12.1 Å². The lowest BCUT2D eigenvalue weighted by atomic mass is 9.96. The molecular formula is C14H27NO4. The maximum Gasteiger partial charge on any atom is 0.325 e. The molecule has 0 radical (unpaired) electrons. The number of unbranched alkanes of at least 4 members (excludes halogenated alkanes) is 1. The van der Waals surface area contributed by atoms with E-state index in [4.69, 9.17) is 15.2 Å². The molecule has 1 saturated heterocycles. The first kappa shape index (κ1) is 16.4. The van der Waals surface area contributed by atoms with Gasteiger partial charge in [0.2, 0.25) is 0 Å². The lowest BCUT2D eigenvalue weighted by molar-refractivity contribution is -0.146. The van der Waals surface area contributed by atoms with Gasteiger partial charge in [-0.2, -0.15) is 0 Å². The number of nitrogens with two attached hydrogens (primary N) is 1. The van der Waals surface area contributed by atoms with E-state index in [1.54, 1.807) is 6.92 Å². The van der Waals surface area contributed by atoms with Crippen LogP contribution in [0.1, 0.15) is 45.4 Å². The second-order valence-electron chi connectivity index (χ2n) is 5.43. The van der Waals surface area contributed by atoms with Crippen molar-refractivity contribution in [1.29, 1.82) is 0 Å². The molecule has 0 aromatic heterocycles. The van der Waals surface area contributed by atoms with E-state index >= 15 is 0 Å². The van der Waals surface area contributed by atoms with Crippen LogP contribution in [0.3, 0.4) is 0 Å². The molecule has 0 aromatic rings. The van der Waals surface area contributed by atoms with Gasteiger partial charge in [0.15, 0.2) is 0 Å². The topological polar surface area (TPSA) is 70.8 Å². The average Bonchev–Trinajstić information content (AvgIpc) is 2.42. The molecule has 0 bridgehead atoms. The Balaban J connectivity index is 2.00. The van der Waals surface area contributed by atoms with Crippen LogP contribution in [-0.4, -0.2) is 44.5 Å². The first-order valence-corrected chi connectivity index (χ1v) is 7.13. The molecule has 1 aliphatic heterocycles. The van der Waals surface area contributed by atoms with Gasteiger partial charge in [-0.25, -0.2) is 0 Å². The van der Waals surface area contributed by atoms with Crippen molar-refractivity contribution in [3.63, 3.8) is 0 Å². The maximum absolute atomic E-state index is 11.4. The lowest BCUT2D eigenvalue weighted by Gasteiger charge is -2.23. The van der Waals surface area contributed by atoms with E-state index < -0.39 is 5.54 Å².